The lowest BCUT2D eigenvalue weighted by Crippen LogP contribution is -2.20. The Balaban J connectivity index is 1.65. The van der Waals surface area contributed by atoms with Crippen LogP contribution >= 0.6 is 23.2 Å². The number of halogens is 3. The van der Waals surface area contributed by atoms with Crippen molar-refractivity contribution in [2.75, 3.05) is 5.32 Å². The first-order valence-corrected chi connectivity index (χ1v) is 8.13. The van der Waals surface area contributed by atoms with Crippen LogP contribution in [0.4, 0.5) is 10.2 Å². The standard InChI is InChI=1S/C16H14Cl2FN5O/c1-10-13(18)7-20-24(10)9-16(25)21-15-5-6-23(22-15)8-11-12(17)3-2-4-14(11)19/h2-7H,8-9H2,1H3,(H,21,22,25). The second kappa shape index (κ2) is 7.25. The second-order valence-electron chi connectivity index (χ2n) is 5.38. The molecular formula is C16H14Cl2FN5O. The van der Waals surface area contributed by atoms with E-state index in [9.17, 15) is 9.18 Å². The number of amides is 1. The maximum Gasteiger partial charge on any atom is 0.247 e. The van der Waals surface area contributed by atoms with Gasteiger partial charge in [0, 0.05) is 22.8 Å². The quantitative estimate of drug-likeness (QED) is 0.735. The number of nitrogens with one attached hydrogen (secondary N) is 1. The van der Waals surface area contributed by atoms with Crippen molar-refractivity contribution >= 4 is 34.9 Å². The van der Waals surface area contributed by atoms with Gasteiger partial charge in [0.1, 0.15) is 12.4 Å². The fourth-order valence-electron chi connectivity index (χ4n) is 2.26. The van der Waals surface area contributed by atoms with Crippen LogP contribution in [0.1, 0.15) is 11.3 Å². The highest BCUT2D eigenvalue weighted by atomic mass is 35.5. The molecule has 3 rings (SSSR count). The molecule has 0 atom stereocenters. The van der Waals surface area contributed by atoms with Crippen LogP contribution in [0.3, 0.4) is 0 Å². The van der Waals surface area contributed by atoms with Gasteiger partial charge in [0.05, 0.1) is 23.5 Å². The van der Waals surface area contributed by atoms with Crippen molar-refractivity contribution in [1.82, 2.24) is 19.6 Å². The number of anilines is 1. The molecule has 3 aromatic rings. The Morgan fingerprint density at radius 3 is 2.76 bits per heavy atom. The van der Waals surface area contributed by atoms with Crippen molar-refractivity contribution in [3.8, 4) is 0 Å². The summed E-state index contributed by atoms with van der Waals surface area (Å²) in [5.41, 5.74) is 1.04. The molecular weight excluding hydrogens is 368 g/mol. The Bertz CT molecular complexity index is 901. The average Bonchev–Trinajstić information content (AvgIpc) is 3.12. The van der Waals surface area contributed by atoms with Gasteiger partial charge in [-0.2, -0.15) is 10.2 Å². The molecule has 0 aliphatic heterocycles. The number of hydrogen-bond acceptors (Lipinski definition) is 3. The average molecular weight is 382 g/mol. The van der Waals surface area contributed by atoms with Crippen LogP contribution in [0.15, 0.2) is 36.7 Å². The number of carbonyl (C=O) groups excluding carboxylic acids is 1. The highest BCUT2D eigenvalue weighted by Gasteiger charge is 2.12. The van der Waals surface area contributed by atoms with E-state index in [-0.39, 0.29) is 19.0 Å². The molecule has 0 fully saturated rings. The maximum absolute atomic E-state index is 13.8. The normalized spacial score (nSPS) is 10.9. The van der Waals surface area contributed by atoms with Crippen LogP contribution in [0.5, 0.6) is 0 Å². The zero-order valence-corrected chi connectivity index (χ0v) is 14.7. The monoisotopic (exact) mass is 381 g/mol. The van der Waals surface area contributed by atoms with E-state index in [1.165, 1.54) is 21.6 Å². The first-order chi connectivity index (χ1) is 11.9. The van der Waals surface area contributed by atoms with Crippen LogP contribution in [0.25, 0.3) is 0 Å². The molecule has 0 saturated carbocycles. The van der Waals surface area contributed by atoms with E-state index >= 15 is 0 Å². The summed E-state index contributed by atoms with van der Waals surface area (Å²) < 4.78 is 16.8. The highest BCUT2D eigenvalue weighted by Crippen LogP contribution is 2.20. The smallest absolute Gasteiger partial charge is 0.247 e. The molecule has 0 aliphatic carbocycles. The van der Waals surface area contributed by atoms with Gasteiger partial charge in [0.25, 0.3) is 0 Å². The number of rotatable bonds is 5. The lowest BCUT2D eigenvalue weighted by molar-refractivity contribution is -0.117. The molecule has 0 saturated heterocycles. The SMILES string of the molecule is Cc1c(Cl)cnn1CC(=O)Nc1ccn(Cc2c(F)cccc2Cl)n1. The Labute approximate surface area is 153 Å². The summed E-state index contributed by atoms with van der Waals surface area (Å²) in [5.74, 6) is -0.343. The Kier molecular flexibility index (Phi) is 5.06. The predicted octanol–water partition coefficient (Wildman–Crippen LogP) is 3.52. The van der Waals surface area contributed by atoms with Gasteiger partial charge < -0.3 is 5.32 Å². The number of aromatic nitrogens is 4. The lowest BCUT2D eigenvalue weighted by Gasteiger charge is -2.06. The fraction of sp³-hybridized carbons (Fsp3) is 0.188. The Morgan fingerprint density at radius 1 is 1.28 bits per heavy atom. The van der Waals surface area contributed by atoms with Gasteiger partial charge in [-0.15, -0.1) is 0 Å². The number of benzene rings is 1. The first-order valence-electron chi connectivity index (χ1n) is 7.38. The van der Waals surface area contributed by atoms with E-state index in [0.717, 1.165) is 0 Å². The number of carbonyl (C=O) groups is 1. The molecule has 9 heteroatoms. The van der Waals surface area contributed by atoms with Crippen LogP contribution < -0.4 is 5.32 Å². The topological polar surface area (TPSA) is 64.7 Å². The minimum absolute atomic E-state index is 0.0184. The highest BCUT2D eigenvalue weighted by molar-refractivity contribution is 6.31. The molecule has 1 amide bonds. The third-order valence-corrected chi connectivity index (χ3v) is 4.35. The van der Waals surface area contributed by atoms with Crippen molar-refractivity contribution in [3.63, 3.8) is 0 Å². The van der Waals surface area contributed by atoms with Crippen LogP contribution in [-0.2, 0) is 17.9 Å². The fourth-order valence-corrected chi connectivity index (χ4v) is 2.63. The third kappa shape index (κ3) is 4.00. The zero-order chi connectivity index (χ0) is 18.0. The molecule has 2 heterocycles. The summed E-state index contributed by atoms with van der Waals surface area (Å²) in [6, 6.07) is 6.11. The van der Waals surface area contributed by atoms with E-state index in [2.05, 4.69) is 15.5 Å². The van der Waals surface area contributed by atoms with E-state index < -0.39 is 5.82 Å². The summed E-state index contributed by atoms with van der Waals surface area (Å²) in [7, 11) is 0. The molecule has 0 unspecified atom stereocenters. The summed E-state index contributed by atoms with van der Waals surface area (Å²) in [6.07, 6.45) is 3.12. The molecule has 0 bridgehead atoms. The van der Waals surface area contributed by atoms with E-state index in [1.54, 1.807) is 31.3 Å². The lowest BCUT2D eigenvalue weighted by atomic mass is 10.2. The van der Waals surface area contributed by atoms with Crippen LogP contribution in [0, 0.1) is 12.7 Å². The Morgan fingerprint density at radius 2 is 2.08 bits per heavy atom. The third-order valence-electron chi connectivity index (χ3n) is 3.63. The van der Waals surface area contributed by atoms with Crippen molar-refractivity contribution in [2.45, 2.75) is 20.0 Å². The molecule has 25 heavy (non-hydrogen) atoms. The summed E-state index contributed by atoms with van der Waals surface area (Å²) >= 11 is 11.9. The minimum Gasteiger partial charge on any atom is -0.308 e. The van der Waals surface area contributed by atoms with E-state index in [1.807, 2.05) is 0 Å². The van der Waals surface area contributed by atoms with Crippen molar-refractivity contribution in [3.05, 3.63) is 63.8 Å². The summed E-state index contributed by atoms with van der Waals surface area (Å²) in [6.45, 7) is 1.95. The van der Waals surface area contributed by atoms with Gasteiger partial charge in [-0.05, 0) is 19.1 Å². The number of hydrogen-bond donors (Lipinski definition) is 1. The predicted molar refractivity (Wildman–Crippen MR) is 93.3 cm³/mol. The molecule has 0 spiro atoms. The molecule has 6 nitrogen and oxygen atoms in total. The largest absolute Gasteiger partial charge is 0.308 e. The summed E-state index contributed by atoms with van der Waals surface area (Å²) in [4.78, 5) is 12.1. The molecule has 2 aromatic heterocycles. The zero-order valence-electron chi connectivity index (χ0n) is 13.2. The van der Waals surface area contributed by atoms with Gasteiger partial charge in [-0.3, -0.25) is 14.2 Å². The number of nitrogens with zero attached hydrogens (tertiary/aromatic N) is 4. The second-order valence-corrected chi connectivity index (χ2v) is 6.20. The maximum atomic E-state index is 13.8. The van der Waals surface area contributed by atoms with Gasteiger partial charge in [-0.25, -0.2) is 4.39 Å². The van der Waals surface area contributed by atoms with Crippen molar-refractivity contribution in [1.29, 1.82) is 0 Å². The van der Waals surface area contributed by atoms with E-state index in [4.69, 9.17) is 23.2 Å². The van der Waals surface area contributed by atoms with Crippen LogP contribution in [-0.4, -0.2) is 25.5 Å². The van der Waals surface area contributed by atoms with Gasteiger partial charge in [0.15, 0.2) is 5.82 Å². The summed E-state index contributed by atoms with van der Waals surface area (Å²) in [5, 5.41) is 11.7. The van der Waals surface area contributed by atoms with Crippen molar-refractivity contribution < 1.29 is 9.18 Å². The van der Waals surface area contributed by atoms with Gasteiger partial charge in [-0.1, -0.05) is 29.3 Å². The molecule has 1 aromatic carbocycles. The molecule has 0 radical (unpaired) electrons. The Hall–Kier alpha value is -2.38. The van der Waals surface area contributed by atoms with Crippen LogP contribution in [0.2, 0.25) is 10.0 Å². The van der Waals surface area contributed by atoms with Gasteiger partial charge in [0.2, 0.25) is 5.91 Å². The molecule has 130 valence electrons. The first kappa shape index (κ1) is 17.4. The minimum atomic E-state index is -0.403. The van der Waals surface area contributed by atoms with Gasteiger partial charge >= 0.3 is 0 Å². The van der Waals surface area contributed by atoms with Crippen molar-refractivity contribution in [2.24, 2.45) is 0 Å². The molecule has 1 N–H and O–H groups in total. The van der Waals surface area contributed by atoms with E-state index in [0.29, 0.717) is 27.1 Å². The molecule has 0 aliphatic rings.